The van der Waals surface area contributed by atoms with Gasteiger partial charge in [0.05, 0.1) is 11.6 Å². The number of nitrogens with two attached hydrogens (primary N) is 1. The van der Waals surface area contributed by atoms with Crippen LogP contribution in [0.3, 0.4) is 0 Å². The molecule has 0 saturated carbocycles. The molecular weight excluding hydrogens is 228 g/mol. The lowest BCUT2D eigenvalue weighted by Gasteiger charge is -2.06. The first-order chi connectivity index (χ1) is 8.81. The van der Waals surface area contributed by atoms with E-state index in [0.29, 0.717) is 23.7 Å². The van der Waals surface area contributed by atoms with Gasteiger partial charge in [-0.2, -0.15) is 5.26 Å². The summed E-state index contributed by atoms with van der Waals surface area (Å²) in [6, 6.07) is 11.2. The molecule has 1 aromatic heterocycles. The van der Waals surface area contributed by atoms with Gasteiger partial charge in [-0.3, -0.25) is 0 Å². The molecule has 0 radical (unpaired) electrons. The SMILES string of the molecule is N#Cc1cccc(CNc2cc(NN)ncn2)c1. The number of nitriles is 1. The van der Waals surface area contributed by atoms with Gasteiger partial charge in [0, 0.05) is 12.6 Å². The topological polar surface area (TPSA) is 99.7 Å². The van der Waals surface area contributed by atoms with Crippen molar-refractivity contribution in [1.29, 1.82) is 5.26 Å². The summed E-state index contributed by atoms with van der Waals surface area (Å²) in [7, 11) is 0. The van der Waals surface area contributed by atoms with E-state index in [9.17, 15) is 0 Å². The van der Waals surface area contributed by atoms with Crippen molar-refractivity contribution >= 4 is 11.6 Å². The van der Waals surface area contributed by atoms with Crippen LogP contribution in [0.15, 0.2) is 36.7 Å². The molecule has 1 heterocycles. The number of hydrogen-bond donors (Lipinski definition) is 3. The molecule has 4 N–H and O–H groups in total. The summed E-state index contributed by atoms with van der Waals surface area (Å²) < 4.78 is 0. The highest BCUT2D eigenvalue weighted by atomic mass is 15.3. The van der Waals surface area contributed by atoms with Crippen molar-refractivity contribution in [3.05, 3.63) is 47.8 Å². The van der Waals surface area contributed by atoms with Gasteiger partial charge in [0.1, 0.15) is 18.0 Å². The second kappa shape index (κ2) is 5.61. The molecule has 0 fully saturated rings. The minimum Gasteiger partial charge on any atom is -0.366 e. The van der Waals surface area contributed by atoms with Crippen molar-refractivity contribution in [3.63, 3.8) is 0 Å². The Morgan fingerprint density at radius 1 is 1.22 bits per heavy atom. The number of hydrogen-bond acceptors (Lipinski definition) is 6. The summed E-state index contributed by atoms with van der Waals surface area (Å²) in [4.78, 5) is 7.97. The van der Waals surface area contributed by atoms with Crippen LogP contribution in [0.25, 0.3) is 0 Å². The molecule has 1 aromatic carbocycles. The van der Waals surface area contributed by atoms with E-state index in [0.717, 1.165) is 5.56 Å². The van der Waals surface area contributed by atoms with Crippen LogP contribution in [-0.4, -0.2) is 9.97 Å². The fourth-order valence-corrected chi connectivity index (χ4v) is 1.48. The van der Waals surface area contributed by atoms with Crippen molar-refractivity contribution in [1.82, 2.24) is 9.97 Å². The smallest absolute Gasteiger partial charge is 0.145 e. The molecule has 18 heavy (non-hydrogen) atoms. The van der Waals surface area contributed by atoms with E-state index in [2.05, 4.69) is 26.8 Å². The lowest BCUT2D eigenvalue weighted by molar-refractivity contribution is 1.07. The monoisotopic (exact) mass is 240 g/mol. The number of nitrogens with one attached hydrogen (secondary N) is 2. The highest BCUT2D eigenvalue weighted by Gasteiger charge is 1.98. The molecule has 0 unspecified atom stereocenters. The molecule has 2 rings (SSSR count). The van der Waals surface area contributed by atoms with Crippen LogP contribution in [0.4, 0.5) is 11.6 Å². The van der Waals surface area contributed by atoms with Crippen LogP contribution < -0.4 is 16.6 Å². The largest absolute Gasteiger partial charge is 0.366 e. The minimum atomic E-state index is 0.540. The Morgan fingerprint density at radius 3 is 2.83 bits per heavy atom. The highest BCUT2D eigenvalue weighted by molar-refractivity contribution is 5.46. The third-order valence-electron chi connectivity index (χ3n) is 2.34. The van der Waals surface area contributed by atoms with Gasteiger partial charge in [0.2, 0.25) is 0 Å². The summed E-state index contributed by atoms with van der Waals surface area (Å²) in [6.45, 7) is 0.580. The zero-order valence-electron chi connectivity index (χ0n) is 9.59. The minimum absolute atomic E-state index is 0.540. The van der Waals surface area contributed by atoms with Gasteiger partial charge in [-0.25, -0.2) is 15.8 Å². The molecule has 0 atom stereocenters. The highest BCUT2D eigenvalue weighted by Crippen LogP contribution is 2.10. The Labute approximate surface area is 104 Å². The summed E-state index contributed by atoms with van der Waals surface area (Å²) in [5.41, 5.74) is 4.10. The van der Waals surface area contributed by atoms with E-state index in [4.69, 9.17) is 11.1 Å². The Hall–Kier alpha value is -2.65. The normalized spacial score (nSPS) is 9.56. The zero-order chi connectivity index (χ0) is 12.8. The molecule has 0 aliphatic heterocycles. The van der Waals surface area contributed by atoms with Gasteiger partial charge >= 0.3 is 0 Å². The van der Waals surface area contributed by atoms with E-state index < -0.39 is 0 Å². The van der Waals surface area contributed by atoms with Gasteiger partial charge in [-0.1, -0.05) is 12.1 Å². The second-order valence-corrected chi connectivity index (χ2v) is 3.60. The predicted octanol–water partition coefficient (Wildman–Crippen LogP) is 1.25. The summed E-state index contributed by atoms with van der Waals surface area (Å²) in [6.07, 6.45) is 1.42. The Kier molecular flexibility index (Phi) is 3.69. The van der Waals surface area contributed by atoms with Gasteiger partial charge < -0.3 is 10.7 Å². The number of aromatic nitrogens is 2. The van der Waals surface area contributed by atoms with Gasteiger partial charge in [0.15, 0.2) is 0 Å². The molecule has 0 aliphatic carbocycles. The molecule has 2 aromatic rings. The first-order valence-corrected chi connectivity index (χ1v) is 5.33. The number of hydrazine groups is 1. The van der Waals surface area contributed by atoms with E-state index in [-0.39, 0.29) is 0 Å². The van der Waals surface area contributed by atoms with Crippen molar-refractivity contribution in [2.75, 3.05) is 10.7 Å². The molecule has 0 amide bonds. The van der Waals surface area contributed by atoms with E-state index in [1.165, 1.54) is 6.33 Å². The Bertz CT molecular complexity index is 575. The predicted molar refractivity (Wildman–Crippen MR) is 68.3 cm³/mol. The van der Waals surface area contributed by atoms with Crippen molar-refractivity contribution in [3.8, 4) is 6.07 Å². The first-order valence-electron chi connectivity index (χ1n) is 5.33. The van der Waals surface area contributed by atoms with Gasteiger partial charge in [-0.15, -0.1) is 0 Å². The molecule has 6 heteroatoms. The maximum Gasteiger partial charge on any atom is 0.145 e. The third kappa shape index (κ3) is 2.93. The molecule has 0 spiro atoms. The van der Waals surface area contributed by atoms with Crippen LogP contribution in [0.5, 0.6) is 0 Å². The van der Waals surface area contributed by atoms with E-state index in [1.54, 1.807) is 12.1 Å². The zero-order valence-corrected chi connectivity index (χ0v) is 9.59. The summed E-state index contributed by atoms with van der Waals surface area (Å²) >= 11 is 0. The van der Waals surface area contributed by atoms with E-state index >= 15 is 0 Å². The van der Waals surface area contributed by atoms with Crippen molar-refractivity contribution < 1.29 is 0 Å². The first kappa shape index (κ1) is 11.8. The maximum absolute atomic E-state index is 8.80. The van der Waals surface area contributed by atoms with Crippen molar-refractivity contribution in [2.45, 2.75) is 6.54 Å². The molecular formula is C12H12N6. The number of benzene rings is 1. The third-order valence-corrected chi connectivity index (χ3v) is 2.34. The van der Waals surface area contributed by atoms with Crippen LogP contribution >= 0.6 is 0 Å². The Morgan fingerprint density at radius 2 is 2.06 bits per heavy atom. The standard InChI is InChI=1S/C12H12N6/c13-6-9-2-1-3-10(4-9)7-15-11-5-12(18-14)17-8-16-11/h1-5,8H,7,14H2,(H2,15,16,17,18). The maximum atomic E-state index is 8.80. The quantitative estimate of drug-likeness (QED) is 0.549. The number of anilines is 2. The summed E-state index contributed by atoms with van der Waals surface area (Å²) in [5.74, 6) is 6.47. The molecule has 6 nitrogen and oxygen atoms in total. The molecule has 0 bridgehead atoms. The average molecular weight is 240 g/mol. The number of rotatable bonds is 4. The fourth-order valence-electron chi connectivity index (χ4n) is 1.48. The van der Waals surface area contributed by atoms with Gasteiger partial charge in [-0.05, 0) is 17.7 Å². The lowest BCUT2D eigenvalue weighted by Crippen LogP contribution is -2.10. The van der Waals surface area contributed by atoms with Crippen molar-refractivity contribution in [2.24, 2.45) is 5.84 Å². The number of nitrogens with zero attached hydrogens (tertiary/aromatic N) is 3. The van der Waals surface area contributed by atoms with E-state index in [1.807, 2.05) is 18.2 Å². The second-order valence-electron chi connectivity index (χ2n) is 3.60. The van der Waals surface area contributed by atoms with Crippen LogP contribution in [0.2, 0.25) is 0 Å². The fraction of sp³-hybridized carbons (Fsp3) is 0.0833. The van der Waals surface area contributed by atoms with Gasteiger partial charge in [0.25, 0.3) is 0 Å². The van der Waals surface area contributed by atoms with Crippen LogP contribution in [0.1, 0.15) is 11.1 Å². The Balaban J connectivity index is 2.04. The number of nitrogen functional groups attached to an aromatic ring is 1. The van der Waals surface area contributed by atoms with Crippen LogP contribution in [0, 0.1) is 11.3 Å². The average Bonchev–Trinajstić information content (AvgIpc) is 2.45. The lowest BCUT2D eigenvalue weighted by atomic mass is 10.1. The molecule has 0 saturated heterocycles. The molecule has 0 aliphatic rings. The molecule has 90 valence electrons. The summed E-state index contributed by atoms with van der Waals surface area (Å²) in [5, 5.41) is 11.9. The van der Waals surface area contributed by atoms with Crippen LogP contribution in [-0.2, 0) is 6.54 Å².